The molecule has 0 radical (unpaired) electrons. The summed E-state index contributed by atoms with van der Waals surface area (Å²) in [7, 11) is -4.66. The smallest absolute Gasteiger partial charge is 0.386 e. The van der Waals surface area contributed by atoms with E-state index in [0.29, 0.717) is 41.4 Å². The van der Waals surface area contributed by atoms with Crippen LogP contribution in [-0.4, -0.2) is 60.8 Å². The van der Waals surface area contributed by atoms with E-state index in [-0.39, 0.29) is 48.1 Å². The topological polar surface area (TPSA) is 177 Å². The number of piperidine rings is 1. The van der Waals surface area contributed by atoms with Crippen molar-refractivity contribution in [3.8, 4) is 28.5 Å². The Morgan fingerprint density at radius 2 is 1.59 bits per heavy atom. The first-order valence-corrected chi connectivity index (χ1v) is 18.1. The molecule has 0 amide bonds. The molecule has 3 aromatic heterocycles. The summed E-state index contributed by atoms with van der Waals surface area (Å²) in [4.78, 5) is 18.7. The molecule has 0 spiro atoms. The predicted molar refractivity (Wildman–Crippen MR) is 191 cm³/mol. The minimum Gasteiger partial charge on any atom is -0.386 e. The van der Waals surface area contributed by atoms with E-state index in [0.717, 1.165) is 6.07 Å². The van der Waals surface area contributed by atoms with Crippen LogP contribution in [0.25, 0.3) is 22.4 Å². The average Bonchev–Trinajstić information content (AvgIpc) is 3.57. The van der Waals surface area contributed by atoms with E-state index >= 15 is 8.78 Å². The number of rotatable bonds is 12. The van der Waals surface area contributed by atoms with Crippen LogP contribution in [0.15, 0.2) is 97.7 Å². The van der Waals surface area contributed by atoms with Crippen LogP contribution in [0.2, 0.25) is 0 Å². The highest BCUT2D eigenvalue weighted by molar-refractivity contribution is 7.49. The molecule has 6 aromatic rings. The lowest BCUT2D eigenvalue weighted by atomic mass is 9.84. The van der Waals surface area contributed by atoms with Crippen molar-refractivity contribution in [3.63, 3.8) is 0 Å². The summed E-state index contributed by atoms with van der Waals surface area (Å²) in [5.74, 6) is -2.52. The molecule has 0 aliphatic carbocycles. The standard InChI is InChI=1S/C36H33F4N8O5P/c37-26-16-30(53-54(50,51-23-8-3-1-4-9-23)52-24-10-5-2-6-11-24)27(38)15-25(26)28-14-22(18-48-21-46-31-34(41)44-20-45-35(31)48)29(17-43-28)47-13-7-12-36(42,19-47)32(49)33(39)40/h1-6,8-11,14-17,20-21,32-33,49H,7,12-13,18-19,42H2,(H2,41,44,45)/t32-,36-/m1/s1. The molecule has 0 bridgehead atoms. The fourth-order valence-electron chi connectivity index (χ4n) is 6.25. The van der Waals surface area contributed by atoms with Gasteiger partial charge in [-0.15, -0.1) is 0 Å². The first-order valence-electron chi connectivity index (χ1n) is 16.6. The minimum atomic E-state index is -4.66. The molecule has 13 nitrogen and oxygen atoms in total. The van der Waals surface area contributed by atoms with Gasteiger partial charge in [0.1, 0.15) is 35.3 Å². The van der Waals surface area contributed by atoms with Crippen molar-refractivity contribution in [2.75, 3.05) is 23.7 Å². The van der Waals surface area contributed by atoms with E-state index in [1.807, 2.05) is 0 Å². The summed E-state index contributed by atoms with van der Waals surface area (Å²) >= 11 is 0. The fraction of sp³-hybridized carbons (Fsp3) is 0.222. The van der Waals surface area contributed by atoms with Crippen molar-refractivity contribution in [1.29, 1.82) is 0 Å². The van der Waals surface area contributed by atoms with Gasteiger partial charge in [-0.1, -0.05) is 36.4 Å². The van der Waals surface area contributed by atoms with Gasteiger partial charge in [0.2, 0.25) is 0 Å². The molecule has 5 N–H and O–H groups in total. The largest absolute Gasteiger partial charge is 0.647 e. The van der Waals surface area contributed by atoms with Crippen LogP contribution in [0.5, 0.6) is 17.2 Å². The number of nitrogens with zero attached hydrogens (tertiary/aromatic N) is 6. The first kappa shape index (κ1) is 36.6. The summed E-state index contributed by atoms with van der Waals surface area (Å²) in [6.07, 6.45) is -0.481. The molecule has 4 heterocycles. The number of pyridine rings is 1. The van der Waals surface area contributed by atoms with E-state index in [4.69, 9.17) is 25.0 Å². The summed E-state index contributed by atoms with van der Waals surface area (Å²) in [6.45, 7) is 0.289. The molecule has 1 saturated heterocycles. The van der Waals surface area contributed by atoms with Gasteiger partial charge in [-0.3, -0.25) is 4.98 Å². The Kier molecular flexibility index (Phi) is 10.1. The number of hydrogen-bond acceptors (Lipinski definition) is 12. The van der Waals surface area contributed by atoms with E-state index in [1.165, 1.54) is 49.2 Å². The number of fused-ring (bicyclic) bond motifs is 1. The molecular formula is C36H33F4N8O5P. The third-order valence-electron chi connectivity index (χ3n) is 8.89. The Morgan fingerprint density at radius 1 is 0.907 bits per heavy atom. The second-order valence-corrected chi connectivity index (χ2v) is 14.1. The fourth-order valence-corrected chi connectivity index (χ4v) is 7.50. The van der Waals surface area contributed by atoms with Gasteiger partial charge in [-0.2, -0.15) is 4.57 Å². The molecule has 1 fully saturated rings. The van der Waals surface area contributed by atoms with Gasteiger partial charge in [0.05, 0.1) is 36.0 Å². The molecule has 54 heavy (non-hydrogen) atoms. The number of nitrogen functional groups attached to an aromatic ring is 1. The van der Waals surface area contributed by atoms with Crippen LogP contribution in [-0.2, 0) is 11.1 Å². The van der Waals surface area contributed by atoms with Gasteiger partial charge in [0.15, 0.2) is 23.0 Å². The molecule has 3 aromatic carbocycles. The number of phosphoric acid groups is 1. The molecular weight excluding hydrogens is 731 g/mol. The molecule has 280 valence electrons. The van der Waals surface area contributed by atoms with Crippen molar-refractivity contribution in [2.24, 2.45) is 5.73 Å². The SMILES string of the molecule is Nc1ncnc2c1ncn2Cc1cc(-c2cc(F)c(OP(=O)(Oc3ccccc3)Oc3ccccc3)cc2F)ncc1N1CCC[C@](N)([C@H](O)C(F)F)C1. The second kappa shape index (κ2) is 14.9. The minimum absolute atomic E-state index is 0.0110. The molecule has 1 aliphatic rings. The van der Waals surface area contributed by atoms with Crippen LogP contribution in [0, 0.1) is 11.6 Å². The van der Waals surface area contributed by atoms with E-state index in [9.17, 15) is 18.5 Å². The maximum atomic E-state index is 16.0. The van der Waals surface area contributed by atoms with E-state index in [1.54, 1.807) is 45.9 Å². The Hall–Kier alpha value is -5.77. The molecule has 1 aliphatic heterocycles. The van der Waals surface area contributed by atoms with Gasteiger partial charge in [0.25, 0.3) is 6.43 Å². The second-order valence-electron chi connectivity index (χ2n) is 12.6. The van der Waals surface area contributed by atoms with Gasteiger partial charge >= 0.3 is 7.82 Å². The predicted octanol–water partition coefficient (Wildman–Crippen LogP) is 6.37. The normalized spacial score (nSPS) is 16.8. The number of nitrogens with two attached hydrogens (primary N) is 2. The number of aliphatic hydroxyl groups excluding tert-OH is 1. The Labute approximate surface area is 305 Å². The summed E-state index contributed by atoms with van der Waals surface area (Å²) < 4.78 is 91.2. The number of aromatic nitrogens is 5. The number of hydrogen-bond donors (Lipinski definition) is 3. The van der Waals surface area contributed by atoms with Crippen LogP contribution in [0.3, 0.4) is 0 Å². The highest BCUT2D eigenvalue weighted by Crippen LogP contribution is 2.50. The van der Waals surface area contributed by atoms with E-state index in [2.05, 4.69) is 19.9 Å². The molecule has 0 unspecified atom stereocenters. The van der Waals surface area contributed by atoms with Gasteiger partial charge < -0.3 is 39.6 Å². The third-order valence-corrected chi connectivity index (χ3v) is 10.2. The summed E-state index contributed by atoms with van der Waals surface area (Å²) in [5.41, 5.74) is 12.0. The third kappa shape index (κ3) is 7.64. The highest BCUT2D eigenvalue weighted by atomic mass is 31.2. The molecule has 7 rings (SSSR count). The van der Waals surface area contributed by atoms with Gasteiger partial charge in [-0.25, -0.2) is 32.5 Å². The molecule has 2 atom stereocenters. The lowest BCUT2D eigenvalue weighted by Crippen LogP contribution is -2.63. The number of anilines is 2. The number of phosphoric ester groups is 1. The zero-order chi connectivity index (χ0) is 38.0. The van der Waals surface area contributed by atoms with Crippen LogP contribution in [0.4, 0.5) is 29.1 Å². The number of benzene rings is 3. The Bertz CT molecular complexity index is 2280. The average molecular weight is 765 g/mol. The van der Waals surface area contributed by atoms with Crippen molar-refractivity contribution < 1.29 is 40.8 Å². The number of para-hydroxylation sites is 2. The maximum Gasteiger partial charge on any atom is 0.647 e. The van der Waals surface area contributed by atoms with Crippen molar-refractivity contribution in [1.82, 2.24) is 24.5 Å². The van der Waals surface area contributed by atoms with Gasteiger partial charge in [0, 0.05) is 24.7 Å². The lowest BCUT2D eigenvalue weighted by molar-refractivity contribution is -0.0529. The number of halogens is 4. The molecule has 0 saturated carbocycles. The van der Waals surface area contributed by atoms with E-state index < -0.39 is 43.3 Å². The molecule has 18 heteroatoms. The van der Waals surface area contributed by atoms with Gasteiger partial charge in [-0.05, 0) is 54.8 Å². The number of imidazole rings is 1. The number of aliphatic hydroxyl groups is 1. The van der Waals surface area contributed by atoms with Crippen molar-refractivity contribution in [2.45, 2.75) is 37.5 Å². The van der Waals surface area contributed by atoms with Crippen LogP contribution >= 0.6 is 7.82 Å². The first-order chi connectivity index (χ1) is 25.9. The zero-order valence-electron chi connectivity index (χ0n) is 28.3. The zero-order valence-corrected chi connectivity index (χ0v) is 29.2. The summed E-state index contributed by atoms with van der Waals surface area (Å²) in [6, 6.07) is 18.9. The highest BCUT2D eigenvalue weighted by Gasteiger charge is 2.43. The summed E-state index contributed by atoms with van der Waals surface area (Å²) in [5, 5.41) is 10.3. The van der Waals surface area contributed by atoms with Crippen molar-refractivity contribution in [3.05, 3.63) is 115 Å². The monoisotopic (exact) mass is 764 g/mol. The Balaban J connectivity index is 1.25. The maximum absolute atomic E-state index is 16.0. The van der Waals surface area contributed by atoms with Crippen molar-refractivity contribution >= 4 is 30.5 Å². The lowest BCUT2D eigenvalue weighted by Gasteiger charge is -2.44. The Morgan fingerprint density at radius 3 is 2.26 bits per heavy atom. The van der Waals surface area contributed by atoms with Crippen LogP contribution in [0.1, 0.15) is 18.4 Å². The quantitative estimate of drug-likeness (QED) is 0.0929. The number of alkyl halides is 2. The van der Waals surface area contributed by atoms with Crippen LogP contribution < -0.4 is 29.9 Å².